The van der Waals surface area contributed by atoms with Crippen LogP contribution in [-0.4, -0.2) is 18.7 Å². The normalized spacial score (nSPS) is 16.8. The lowest BCUT2D eigenvalue weighted by molar-refractivity contribution is -0.130. The third-order valence-electron chi connectivity index (χ3n) is 3.66. The van der Waals surface area contributed by atoms with Gasteiger partial charge in [-0.25, -0.2) is 0 Å². The van der Waals surface area contributed by atoms with Gasteiger partial charge >= 0.3 is 0 Å². The van der Waals surface area contributed by atoms with Gasteiger partial charge in [0.05, 0.1) is 13.5 Å². The molecule has 0 unspecified atom stereocenters. The van der Waals surface area contributed by atoms with E-state index in [0.29, 0.717) is 23.6 Å². The van der Waals surface area contributed by atoms with Crippen LogP contribution in [0, 0.1) is 13.8 Å². The number of ketones is 2. The van der Waals surface area contributed by atoms with Crippen LogP contribution in [-0.2, 0) is 9.59 Å². The van der Waals surface area contributed by atoms with Crippen molar-refractivity contribution in [3.8, 4) is 5.75 Å². The largest absolute Gasteiger partial charge is 0.496 e. The Morgan fingerprint density at radius 1 is 1.21 bits per heavy atom. The highest BCUT2D eigenvalue weighted by atomic mass is 35.5. The average molecular weight is 281 g/mol. The van der Waals surface area contributed by atoms with Gasteiger partial charge in [0.15, 0.2) is 0 Å². The van der Waals surface area contributed by atoms with E-state index in [4.69, 9.17) is 16.3 Å². The van der Waals surface area contributed by atoms with Gasteiger partial charge < -0.3 is 4.74 Å². The van der Waals surface area contributed by atoms with Crippen molar-refractivity contribution in [1.82, 2.24) is 0 Å². The predicted molar refractivity (Wildman–Crippen MR) is 74.1 cm³/mol. The molecule has 0 saturated heterocycles. The lowest BCUT2D eigenvalue weighted by Gasteiger charge is -2.25. The number of Topliss-reactive ketones (excluding diaryl/α,β-unsaturated/α-hetero) is 2. The van der Waals surface area contributed by atoms with E-state index in [2.05, 4.69) is 0 Å². The van der Waals surface area contributed by atoms with Crippen molar-refractivity contribution in [1.29, 1.82) is 0 Å². The fourth-order valence-corrected chi connectivity index (χ4v) is 2.96. The summed E-state index contributed by atoms with van der Waals surface area (Å²) in [6.45, 7) is 3.83. The number of aryl methyl sites for hydroxylation is 1. The monoisotopic (exact) mass is 280 g/mol. The molecule has 0 aliphatic heterocycles. The lowest BCUT2D eigenvalue weighted by atomic mass is 9.80. The van der Waals surface area contributed by atoms with E-state index in [9.17, 15) is 9.59 Å². The zero-order valence-corrected chi connectivity index (χ0v) is 12.1. The minimum absolute atomic E-state index is 0.000555. The molecule has 4 heteroatoms. The molecule has 0 atom stereocenters. The van der Waals surface area contributed by atoms with Crippen LogP contribution < -0.4 is 4.74 Å². The molecule has 1 fully saturated rings. The molecular formula is C15H17ClO3. The molecule has 1 aliphatic rings. The van der Waals surface area contributed by atoms with Crippen molar-refractivity contribution >= 4 is 23.2 Å². The molecule has 1 aliphatic carbocycles. The van der Waals surface area contributed by atoms with Crippen molar-refractivity contribution in [2.75, 3.05) is 7.11 Å². The molecule has 0 bridgehead atoms. The van der Waals surface area contributed by atoms with Crippen molar-refractivity contribution in [3.05, 3.63) is 27.8 Å². The van der Waals surface area contributed by atoms with Gasteiger partial charge in [0, 0.05) is 29.3 Å². The first-order valence-electron chi connectivity index (χ1n) is 6.31. The van der Waals surface area contributed by atoms with Crippen LogP contribution in [0.2, 0.25) is 5.02 Å². The Labute approximate surface area is 117 Å². The fourth-order valence-electron chi connectivity index (χ4n) is 2.80. The molecule has 0 heterocycles. The first kappa shape index (κ1) is 14.1. The molecule has 2 rings (SSSR count). The molecule has 102 valence electrons. The van der Waals surface area contributed by atoms with Gasteiger partial charge in [-0.1, -0.05) is 11.6 Å². The summed E-state index contributed by atoms with van der Waals surface area (Å²) in [6.07, 6.45) is 0.849. The van der Waals surface area contributed by atoms with Crippen LogP contribution in [0.15, 0.2) is 6.07 Å². The Bertz CT molecular complexity index is 533. The second-order valence-corrected chi connectivity index (χ2v) is 5.49. The van der Waals surface area contributed by atoms with Crippen LogP contribution in [0.5, 0.6) is 5.75 Å². The zero-order valence-electron chi connectivity index (χ0n) is 11.4. The lowest BCUT2D eigenvalue weighted by Crippen LogP contribution is -2.22. The smallest absolute Gasteiger partial charge is 0.140 e. The number of carbonyl (C=O) groups is 2. The van der Waals surface area contributed by atoms with Crippen LogP contribution in [0.3, 0.4) is 0 Å². The molecule has 19 heavy (non-hydrogen) atoms. The molecule has 0 N–H and O–H groups in total. The fraction of sp³-hybridized carbons (Fsp3) is 0.467. The second-order valence-electron chi connectivity index (χ2n) is 5.11. The van der Waals surface area contributed by atoms with E-state index in [1.165, 1.54) is 0 Å². The van der Waals surface area contributed by atoms with E-state index < -0.39 is 0 Å². The Morgan fingerprint density at radius 3 is 2.32 bits per heavy atom. The van der Waals surface area contributed by atoms with Crippen LogP contribution in [0.1, 0.15) is 41.9 Å². The van der Waals surface area contributed by atoms with Crippen molar-refractivity contribution in [2.24, 2.45) is 0 Å². The summed E-state index contributed by atoms with van der Waals surface area (Å²) in [4.78, 5) is 23.3. The third-order valence-corrected chi connectivity index (χ3v) is 4.24. The summed E-state index contributed by atoms with van der Waals surface area (Å²) in [7, 11) is 1.60. The summed E-state index contributed by atoms with van der Waals surface area (Å²) in [5, 5.41) is 0.682. The van der Waals surface area contributed by atoms with Crippen molar-refractivity contribution < 1.29 is 14.3 Å². The SMILES string of the molecule is COc1cc(C)c(Cl)c(C)c1C1CC(=O)CC(=O)C1. The maximum atomic E-state index is 11.6. The summed E-state index contributed by atoms with van der Waals surface area (Å²) in [5.41, 5.74) is 2.75. The van der Waals surface area contributed by atoms with Crippen molar-refractivity contribution in [2.45, 2.75) is 39.0 Å². The van der Waals surface area contributed by atoms with E-state index in [1.54, 1.807) is 7.11 Å². The first-order chi connectivity index (χ1) is 8.93. The minimum Gasteiger partial charge on any atom is -0.496 e. The van der Waals surface area contributed by atoms with Gasteiger partial charge in [-0.3, -0.25) is 9.59 Å². The number of halogens is 1. The van der Waals surface area contributed by atoms with Gasteiger partial charge in [-0.15, -0.1) is 0 Å². The number of rotatable bonds is 2. The van der Waals surface area contributed by atoms with Crippen molar-refractivity contribution in [3.63, 3.8) is 0 Å². The highest BCUT2D eigenvalue weighted by molar-refractivity contribution is 6.32. The van der Waals surface area contributed by atoms with Crippen LogP contribution >= 0.6 is 11.6 Å². The van der Waals surface area contributed by atoms with Gasteiger partial charge in [-0.05, 0) is 31.0 Å². The van der Waals surface area contributed by atoms with Gasteiger partial charge in [0.1, 0.15) is 17.3 Å². The maximum absolute atomic E-state index is 11.6. The summed E-state index contributed by atoms with van der Waals surface area (Å²) in [6, 6.07) is 1.87. The predicted octanol–water partition coefficient (Wildman–Crippen LogP) is 3.37. The topological polar surface area (TPSA) is 43.4 Å². The number of hydrogen-bond donors (Lipinski definition) is 0. The maximum Gasteiger partial charge on any atom is 0.140 e. The molecule has 0 aromatic heterocycles. The molecule has 0 spiro atoms. The third kappa shape index (κ3) is 2.66. The van der Waals surface area contributed by atoms with Gasteiger partial charge in [-0.2, -0.15) is 0 Å². The van der Waals surface area contributed by atoms with Gasteiger partial charge in [0.25, 0.3) is 0 Å². The minimum atomic E-state index is -0.109. The standard InChI is InChI=1S/C15H17ClO3/c1-8-4-13(19-3)14(9(2)15(8)16)10-5-11(17)7-12(18)6-10/h4,10H,5-7H2,1-3H3. The second kappa shape index (κ2) is 5.33. The van der Waals surface area contributed by atoms with E-state index in [-0.39, 0.29) is 23.9 Å². The molecule has 0 amide bonds. The Kier molecular flexibility index (Phi) is 3.95. The first-order valence-corrected chi connectivity index (χ1v) is 6.68. The molecule has 1 aromatic rings. The number of benzene rings is 1. The number of ether oxygens (including phenoxy) is 1. The van der Waals surface area contributed by atoms with E-state index >= 15 is 0 Å². The summed E-state index contributed by atoms with van der Waals surface area (Å²) in [5.74, 6) is 0.604. The highest BCUT2D eigenvalue weighted by Gasteiger charge is 2.30. The van der Waals surface area contributed by atoms with Gasteiger partial charge in [0.2, 0.25) is 0 Å². The molecule has 3 nitrogen and oxygen atoms in total. The Hall–Kier alpha value is -1.35. The molecule has 0 radical (unpaired) electrons. The van der Waals surface area contributed by atoms with E-state index in [0.717, 1.165) is 16.7 Å². The summed E-state index contributed by atoms with van der Waals surface area (Å²) >= 11 is 6.28. The Morgan fingerprint density at radius 2 is 1.79 bits per heavy atom. The Balaban J connectivity index is 2.51. The summed E-state index contributed by atoms with van der Waals surface area (Å²) < 4.78 is 5.40. The highest BCUT2D eigenvalue weighted by Crippen LogP contribution is 2.41. The number of hydrogen-bond acceptors (Lipinski definition) is 3. The quantitative estimate of drug-likeness (QED) is 0.780. The zero-order chi connectivity index (χ0) is 14.2. The molecule has 1 saturated carbocycles. The van der Waals surface area contributed by atoms with Crippen LogP contribution in [0.4, 0.5) is 0 Å². The number of carbonyl (C=O) groups excluding carboxylic acids is 2. The van der Waals surface area contributed by atoms with E-state index in [1.807, 2.05) is 19.9 Å². The number of methoxy groups -OCH3 is 1. The van der Waals surface area contributed by atoms with Crippen LogP contribution in [0.25, 0.3) is 0 Å². The average Bonchev–Trinajstić information content (AvgIpc) is 2.34. The molecular weight excluding hydrogens is 264 g/mol. The molecule has 1 aromatic carbocycles.